The van der Waals surface area contributed by atoms with E-state index in [1.165, 1.54) is 5.56 Å². The van der Waals surface area contributed by atoms with Gasteiger partial charge in [-0.05, 0) is 51.5 Å². The summed E-state index contributed by atoms with van der Waals surface area (Å²) < 4.78 is 5.48. The monoisotopic (exact) mass is 334 g/mol. The van der Waals surface area contributed by atoms with E-state index in [1.54, 1.807) is 20.8 Å². The van der Waals surface area contributed by atoms with E-state index in [4.69, 9.17) is 4.74 Å². The molecule has 0 saturated heterocycles. The normalized spacial score (nSPS) is 14.2. The maximum absolute atomic E-state index is 12.6. The molecule has 0 aromatic heterocycles. The van der Waals surface area contributed by atoms with E-state index in [9.17, 15) is 14.7 Å². The average molecular weight is 334 g/mol. The Balaban J connectivity index is 2.83. The number of benzene rings is 1. The van der Waals surface area contributed by atoms with Gasteiger partial charge in [0.25, 0.3) is 0 Å². The molecule has 1 aromatic carbocycles. The molecule has 24 heavy (non-hydrogen) atoms. The first-order chi connectivity index (χ1) is 11.1. The van der Waals surface area contributed by atoms with Crippen molar-refractivity contribution in [3.63, 3.8) is 0 Å². The van der Waals surface area contributed by atoms with Crippen molar-refractivity contribution >= 4 is 11.9 Å². The number of carboxylic acid groups (broad SMARTS) is 1. The van der Waals surface area contributed by atoms with Crippen molar-refractivity contribution in [2.75, 3.05) is 0 Å². The lowest BCUT2D eigenvalue weighted by atomic mass is 9.80. The Morgan fingerprint density at radius 1 is 1.12 bits per heavy atom. The van der Waals surface area contributed by atoms with Gasteiger partial charge in [-0.2, -0.15) is 0 Å². The van der Waals surface area contributed by atoms with Crippen LogP contribution in [-0.2, 0) is 20.7 Å². The summed E-state index contributed by atoms with van der Waals surface area (Å²) in [5.41, 5.74) is 0.575. The van der Waals surface area contributed by atoms with Gasteiger partial charge in [0, 0.05) is 0 Å². The van der Waals surface area contributed by atoms with Crippen LogP contribution in [0.1, 0.15) is 53.0 Å². The van der Waals surface area contributed by atoms with E-state index in [0.29, 0.717) is 6.42 Å². The predicted octanol–water partition coefficient (Wildman–Crippen LogP) is 4.32. The number of rotatable bonds is 8. The van der Waals surface area contributed by atoms with Crippen molar-refractivity contribution in [2.24, 2.45) is 17.8 Å². The Hall–Kier alpha value is -1.84. The van der Waals surface area contributed by atoms with Gasteiger partial charge in [0.1, 0.15) is 5.60 Å². The summed E-state index contributed by atoms with van der Waals surface area (Å²) in [5.74, 6) is -2.81. The topological polar surface area (TPSA) is 63.6 Å². The van der Waals surface area contributed by atoms with Crippen LogP contribution in [0.15, 0.2) is 30.3 Å². The van der Waals surface area contributed by atoms with Crippen LogP contribution in [0.4, 0.5) is 0 Å². The molecular weight excluding hydrogens is 304 g/mol. The van der Waals surface area contributed by atoms with Gasteiger partial charge in [-0.1, -0.05) is 44.2 Å². The molecule has 4 nitrogen and oxygen atoms in total. The molecular formula is C20H30O4. The zero-order valence-corrected chi connectivity index (χ0v) is 15.4. The minimum Gasteiger partial charge on any atom is -0.481 e. The number of carboxylic acids is 1. The van der Waals surface area contributed by atoms with Crippen molar-refractivity contribution in [1.29, 1.82) is 0 Å². The number of ether oxygens (including phenoxy) is 1. The molecule has 2 unspecified atom stereocenters. The Kier molecular flexibility index (Phi) is 7.46. The largest absolute Gasteiger partial charge is 0.481 e. The molecule has 1 rings (SSSR count). The minimum atomic E-state index is -0.930. The molecule has 4 heteroatoms. The number of hydrogen-bond acceptors (Lipinski definition) is 3. The van der Waals surface area contributed by atoms with Crippen LogP contribution in [0.3, 0.4) is 0 Å². The third kappa shape index (κ3) is 6.73. The molecule has 134 valence electrons. The summed E-state index contributed by atoms with van der Waals surface area (Å²) in [5, 5.41) is 9.57. The van der Waals surface area contributed by atoms with Gasteiger partial charge in [0.15, 0.2) is 0 Å². The molecule has 0 amide bonds. The van der Waals surface area contributed by atoms with Crippen LogP contribution < -0.4 is 0 Å². The molecule has 0 aliphatic carbocycles. The third-order valence-corrected chi connectivity index (χ3v) is 3.97. The Morgan fingerprint density at radius 2 is 1.71 bits per heavy atom. The van der Waals surface area contributed by atoms with Crippen molar-refractivity contribution in [3.8, 4) is 0 Å². The van der Waals surface area contributed by atoms with Gasteiger partial charge in [-0.25, -0.2) is 0 Å². The Morgan fingerprint density at radius 3 is 2.17 bits per heavy atom. The highest BCUT2D eigenvalue weighted by Gasteiger charge is 2.38. The number of hydrogen-bond donors (Lipinski definition) is 1. The SMILES string of the molecule is CC(C)C(C(=O)O)C(CCCc1ccccc1)C(=O)OC(C)(C)C. The number of aryl methyl sites for hydroxylation is 1. The van der Waals surface area contributed by atoms with Crippen LogP contribution >= 0.6 is 0 Å². The summed E-state index contributed by atoms with van der Waals surface area (Å²) in [6, 6.07) is 10.0. The molecule has 0 radical (unpaired) electrons. The summed E-state index contributed by atoms with van der Waals surface area (Å²) >= 11 is 0. The van der Waals surface area contributed by atoms with Crippen LogP contribution in [0.2, 0.25) is 0 Å². The summed E-state index contributed by atoms with van der Waals surface area (Å²) in [7, 11) is 0. The summed E-state index contributed by atoms with van der Waals surface area (Å²) in [6.45, 7) is 9.09. The summed E-state index contributed by atoms with van der Waals surface area (Å²) in [4.78, 5) is 24.2. The van der Waals surface area contributed by atoms with Crippen LogP contribution in [0.5, 0.6) is 0 Å². The van der Waals surface area contributed by atoms with E-state index in [-0.39, 0.29) is 5.92 Å². The highest BCUT2D eigenvalue weighted by molar-refractivity contribution is 5.81. The van der Waals surface area contributed by atoms with E-state index in [2.05, 4.69) is 0 Å². The quantitative estimate of drug-likeness (QED) is 0.719. The molecule has 1 aromatic rings. The zero-order valence-electron chi connectivity index (χ0n) is 15.4. The van der Waals surface area contributed by atoms with Gasteiger partial charge in [-0.3, -0.25) is 9.59 Å². The minimum absolute atomic E-state index is 0.128. The molecule has 0 spiro atoms. The maximum Gasteiger partial charge on any atom is 0.310 e. The molecule has 1 N–H and O–H groups in total. The Bertz CT molecular complexity index is 528. The zero-order chi connectivity index (χ0) is 18.3. The fourth-order valence-electron chi connectivity index (χ4n) is 2.91. The van der Waals surface area contributed by atoms with Crippen molar-refractivity contribution in [1.82, 2.24) is 0 Å². The fourth-order valence-corrected chi connectivity index (χ4v) is 2.91. The van der Waals surface area contributed by atoms with Gasteiger partial charge in [-0.15, -0.1) is 0 Å². The van der Waals surface area contributed by atoms with E-state index in [0.717, 1.165) is 12.8 Å². The lowest BCUT2D eigenvalue weighted by Crippen LogP contribution is -2.38. The summed E-state index contributed by atoms with van der Waals surface area (Å²) in [6.07, 6.45) is 2.09. The van der Waals surface area contributed by atoms with Gasteiger partial charge in [0.2, 0.25) is 0 Å². The molecule has 0 fully saturated rings. The molecule has 0 saturated carbocycles. The molecule has 0 bridgehead atoms. The highest BCUT2D eigenvalue weighted by atomic mass is 16.6. The van der Waals surface area contributed by atoms with Crippen LogP contribution in [0, 0.1) is 17.8 Å². The molecule has 0 heterocycles. The lowest BCUT2D eigenvalue weighted by Gasteiger charge is -2.29. The standard InChI is InChI=1S/C20H30O4/c1-14(2)17(18(21)22)16(19(23)24-20(3,4)5)13-9-12-15-10-7-6-8-11-15/h6-8,10-11,14,16-17H,9,12-13H2,1-5H3,(H,21,22). The number of carbonyl (C=O) groups excluding carboxylic acids is 1. The molecule has 0 aliphatic rings. The van der Waals surface area contributed by atoms with Gasteiger partial charge >= 0.3 is 11.9 Å². The first-order valence-electron chi connectivity index (χ1n) is 8.61. The Labute approximate surface area is 145 Å². The first-order valence-corrected chi connectivity index (χ1v) is 8.61. The number of aliphatic carboxylic acids is 1. The highest BCUT2D eigenvalue weighted by Crippen LogP contribution is 2.29. The van der Waals surface area contributed by atoms with Crippen molar-refractivity contribution < 1.29 is 19.4 Å². The van der Waals surface area contributed by atoms with E-state index < -0.39 is 29.4 Å². The van der Waals surface area contributed by atoms with E-state index in [1.807, 2.05) is 44.2 Å². The van der Waals surface area contributed by atoms with Crippen molar-refractivity contribution in [3.05, 3.63) is 35.9 Å². The van der Waals surface area contributed by atoms with Gasteiger partial charge in [0.05, 0.1) is 11.8 Å². The molecule has 2 atom stereocenters. The smallest absolute Gasteiger partial charge is 0.310 e. The second-order valence-electron chi connectivity index (χ2n) is 7.63. The van der Waals surface area contributed by atoms with Crippen LogP contribution in [0.25, 0.3) is 0 Å². The number of esters is 1. The van der Waals surface area contributed by atoms with Crippen molar-refractivity contribution in [2.45, 2.75) is 59.5 Å². The average Bonchev–Trinajstić information content (AvgIpc) is 2.44. The third-order valence-electron chi connectivity index (χ3n) is 3.97. The first kappa shape index (κ1) is 20.2. The fraction of sp³-hybridized carbons (Fsp3) is 0.600. The maximum atomic E-state index is 12.6. The second-order valence-corrected chi connectivity index (χ2v) is 7.63. The van der Waals surface area contributed by atoms with Gasteiger partial charge < -0.3 is 9.84 Å². The number of carbonyl (C=O) groups is 2. The second kappa shape index (κ2) is 8.86. The lowest BCUT2D eigenvalue weighted by molar-refractivity contribution is -0.168. The predicted molar refractivity (Wildman–Crippen MR) is 94.7 cm³/mol. The van der Waals surface area contributed by atoms with Crippen LogP contribution in [-0.4, -0.2) is 22.6 Å². The molecule has 0 aliphatic heterocycles. The van der Waals surface area contributed by atoms with E-state index >= 15 is 0 Å².